The van der Waals surface area contributed by atoms with E-state index in [9.17, 15) is 0 Å². The second kappa shape index (κ2) is 6.64. The highest BCUT2D eigenvalue weighted by atomic mass is 35.5. The zero-order chi connectivity index (χ0) is 14.5. The predicted molar refractivity (Wildman–Crippen MR) is 81.9 cm³/mol. The molecule has 2 aromatic carbocycles. The van der Waals surface area contributed by atoms with Gasteiger partial charge in [-0.25, -0.2) is 0 Å². The summed E-state index contributed by atoms with van der Waals surface area (Å²) in [5.41, 5.74) is 2.19. The lowest BCUT2D eigenvalue weighted by Gasteiger charge is -2.19. The fourth-order valence-corrected chi connectivity index (χ4v) is 2.57. The summed E-state index contributed by atoms with van der Waals surface area (Å²) < 4.78 is 10.6. The minimum atomic E-state index is 0.0495. The highest BCUT2D eigenvalue weighted by molar-refractivity contribution is 6.32. The molecule has 0 aliphatic heterocycles. The molecule has 106 valence electrons. The van der Waals surface area contributed by atoms with E-state index in [2.05, 4.69) is 17.4 Å². The Balaban J connectivity index is 2.48. The molecular weight excluding hydrogens is 274 g/mol. The molecule has 1 atom stereocenters. The summed E-state index contributed by atoms with van der Waals surface area (Å²) in [7, 11) is 5.10. The van der Waals surface area contributed by atoms with Gasteiger partial charge in [-0.15, -0.1) is 0 Å². The smallest absolute Gasteiger partial charge is 0.179 e. The number of methoxy groups -OCH3 is 2. The molecule has 0 bridgehead atoms. The molecular formula is C16H18ClNO2. The van der Waals surface area contributed by atoms with Crippen LogP contribution >= 0.6 is 11.6 Å². The summed E-state index contributed by atoms with van der Waals surface area (Å²) in [5.74, 6) is 1.19. The lowest BCUT2D eigenvalue weighted by Crippen LogP contribution is -2.17. The number of rotatable bonds is 5. The van der Waals surface area contributed by atoms with Crippen molar-refractivity contribution >= 4 is 11.6 Å². The van der Waals surface area contributed by atoms with Gasteiger partial charge in [-0.2, -0.15) is 0 Å². The SMILES string of the molecule is CNC(c1ccccc1)c1cc(Cl)c(OC)c(OC)c1. The zero-order valence-electron chi connectivity index (χ0n) is 11.8. The summed E-state index contributed by atoms with van der Waals surface area (Å²) in [6, 6.07) is 14.1. The molecule has 2 aromatic rings. The van der Waals surface area contributed by atoms with Crippen LogP contribution in [-0.4, -0.2) is 21.3 Å². The van der Waals surface area contributed by atoms with Crippen molar-refractivity contribution in [2.24, 2.45) is 0 Å². The van der Waals surface area contributed by atoms with E-state index in [1.807, 2.05) is 37.4 Å². The zero-order valence-corrected chi connectivity index (χ0v) is 12.6. The minimum Gasteiger partial charge on any atom is -0.493 e. The van der Waals surface area contributed by atoms with Crippen molar-refractivity contribution in [1.82, 2.24) is 5.32 Å². The Hall–Kier alpha value is -1.71. The molecule has 0 spiro atoms. The summed E-state index contributed by atoms with van der Waals surface area (Å²) >= 11 is 6.27. The molecule has 0 amide bonds. The van der Waals surface area contributed by atoms with Crippen molar-refractivity contribution in [1.29, 1.82) is 0 Å². The van der Waals surface area contributed by atoms with Crippen LogP contribution in [0.3, 0.4) is 0 Å². The number of ether oxygens (including phenoxy) is 2. The van der Waals surface area contributed by atoms with E-state index in [-0.39, 0.29) is 6.04 Å². The van der Waals surface area contributed by atoms with Gasteiger partial charge < -0.3 is 14.8 Å². The lowest BCUT2D eigenvalue weighted by atomic mass is 9.98. The van der Waals surface area contributed by atoms with Crippen LogP contribution in [0.4, 0.5) is 0 Å². The fourth-order valence-electron chi connectivity index (χ4n) is 2.28. The van der Waals surface area contributed by atoms with Crippen molar-refractivity contribution in [3.63, 3.8) is 0 Å². The average Bonchev–Trinajstić information content (AvgIpc) is 2.48. The van der Waals surface area contributed by atoms with E-state index < -0.39 is 0 Å². The monoisotopic (exact) mass is 291 g/mol. The van der Waals surface area contributed by atoms with Gasteiger partial charge in [0.05, 0.1) is 25.3 Å². The summed E-state index contributed by atoms with van der Waals surface area (Å²) in [4.78, 5) is 0. The van der Waals surface area contributed by atoms with Crippen LogP contribution in [0.15, 0.2) is 42.5 Å². The number of hydrogen-bond donors (Lipinski definition) is 1. The standard InChI is InChI=1S/C16H18ClNO2/c1-18-15(11-7-5-4-6-8-11)12-9-13(17)16(20-3)14(10-12)19-2/h4-10,15,18H,1-3H3. The first-order valence-corrected chi connectivity index (χ1v) is 6.72. The Kier molecular flexibility index (Phi) is 4.88. The molecule has 3 nitrogen and oxygen atoms in total. The molecule has 0 radical (unpaired) electrons. The van der Waals surface area contributed by atoms with Gasteiger partial charge in [0.25, 0.3) is 0 Å². The van der Waals surface area contributed by atoms with Crippen LogP contribution in [0.25, 0.3) is 0 Å². The van der Waals surface area contributed by atoms with Crippen LogP contribution in [0, 0.1) is 0 Å². The molecule has 0 aliphatic carbocycles. The van der Waals surface area contributed by atoms with Crippen LogP contribution < -0.4 is 14.8 Å². The van der Waals surface area contributed by atoms with Crippen LogP contribution in [0.2, 0.25) is 5.02 Å². The Morgan fingerprint density at radius 3 is 2.25 bits per heavy atom. The third-order valence-electron chi connectivity index (χ3n) is 3.21. The van der Waals surface area contributed by atoms with Gasteiger partial charge in [-0.3, -0.25) is 0 Å². The largest absolute Gasteiger partial charge is 0.493 e. The molecule has 4 heteroatoms. The molecule has 20 heavy (non-hydrogen) atoms. The van der Waals surface area contributed by atoms with Crippen molar-refractivity contribution in [2.45, 2.75) is 6.04 Å². The maximum Gasteiger partial charge on any atom is 0.179 e. The Morgan fingerprint density at radius 1 is 1.00 bits per heavy atom. The Labute approximate surface area is 124 Å². The number of nitrogens with one attached hydrogen (secondary N) is 1. The molecule has 0 fully saturated rings. The number of benzene rings is 2. The highest BCUT2D eigenvalue weighted by Crippen LogP contribution is 2.38. The van der Waals surface area contributed by atoms with Crippen LogP contribution in [0.1, 0.15) is 17.2 Å². The van der Waals surface area contributed by atoms with Gasteiger partial charge >= 0.3 is 0 Å². The van der Waals surface area contributed by atoms with Gasteiger partial charge in [0.15, 0.2) is 11.5 Å². The third-order valence-corrected chi connectivity index (χ3v) is 3.49. The molecule has 0 saturated carbocycles. The topological polar surface area (TPSA) is 30.5 Å². The van der Waals surface area contributed by atoms with Gasteiger partial charge in [0.1, 0.15) is 0 Å². The minimum absolute atomic E-state index is 0.0495. The van der Waals surface area contributed by atoms with Crippen molar-refractivity contribution < 1.29 is 9.47 Å². The summed E-state index contributed by atoms with van der Waals surface area (Å²) in [5, 5.41) is 3.84. The average molecular weight is 292 g/mol. The summed E-state index contributed by atoms with van der Waals surface area (Å²) in [6.07, 6.45) is 0. The molecule has 0 aliphatic rings. The number of halogens is 1. The lowest BCUT2D eigenvalue weighted by molar-refractivity contribution is 0.354. The van der Waals surface area contributed by atoms with E-state index in [4.69, 9.17) is 21.1 Å². The fraction of sp³-hybridized carbons (Fsp3) is 0.250. The van der Waals surface area contributed by atoms with E-state index >= 15 is 0 Å². The van der Waals surface area contributed by atoms with Crippen LogP contribution in [-0.2, 0) is 0 Å². The molecule has 1 N–H and O–H groups in total. The van der Waals surface area contributed by atoms with Gasteiger partial charge in [0.2, 0.25) is 0 Å². The summed E-state index contributed by atoms with van der Waals surface area (Å²) in [6.45, 7) is 0. The van der Waals surface area contributed by atoms with Crippen molar-refractivity contribution in [3.8, 4) is 11.5 Å². The second-order valence-electron chi connectivity index (χ2n) is 4.37. The van der Waals surface area contributed by atoms with Crippen LogP contribution in [0.5, 0.6) is 11.5 Å². The van der Waals surface area contributed by atoms with Crippen molar-refractivity contribution in [2.75, 3.05) is 21.3 Å². The van der Waals surface area contributed by atoms with Gasteiger partial charge in [-0.05, 0) is 30.3 Å². The molecule has 2 rings (SSSR count). The van der Waals surface area contributed by atoms with E-state index in [0.29, 0.717) is 16.5 Å². The predicted octanol–water partition coefficient (Wildman–Crippen LogP) is 3.67. The maximum absolute atomic E-state index is 6.27. The molecule has 0 saturated heterocycles. The molecule has 0 aromatic heterocycles. The van der Waals surface area contributed by atoms with E-state index in [1.54, 1.807) is 14.2 Å². The van der Waals surface area contributed by atoms with Gasteiger partial charge in [-0.1, -0.05) is 41.9 Å². The van der Waals surface area contributed by atoms with Crippen molar-refractivity contribution in [3.05, 3.63) is 58.6 Å². The first-order valence-electron chi connectivity index (χ1n) is 6.35. The van der Waals surface area contributed by atoms with E-state index in [1.165, 1.54) is 5.56 Å². The normalized spacial score (nSPS) is 12.0. The Bertz CT molecular complexity index is 572. The number of hydrogen-bond acceptors (Lipinski definition) is 3. The van der Waals surface area contributed by atoms with Gasteiger partial charge in [0, 0.05) is 0 Å². The molecule has 0 heterocycles. The highest BCUT2D eigenvalue weighted by Gasteiger charge is 2.17. The second-order valence-corrected chi connectivity index (χ2v) is 4.78. The molecule has 1 unspecified atom stereocenters. The maximum atomic E-state index is 6.27. The third kappa shape index (κ3) is 2.89. The Morgan fingerprint density at radius 2 is 1.70 bits per heavy atom. The first-order chi connectivity index (χ1) is 9.71. The quantitative estimate of drug-likeness (QED) is 0.912. The first kappa shape index (κ1) is 14.7. The van der Waals surface area contributed by atoms with E-state index in [0.717, 1.165) is 5.56 Å².